The van der Waals surface area contributed by atoms with Crippen LogP contribution in [0.5, 0.6) is 0 Å². The van der Waals surface area contributed by atoms with E-state index in [4.69, 9.17) is 4.84 Å². The minimum Gasteiger partial charge on any atom is -0.382 e. The maximum Gasteiger partial charge on any atom is 0.268 e. The van der Waals surface area contributed by atoms with Crippen LogP contribution in [0, 0.1) is 6.92 Å². The Balaban J connectivity index is 1.34. The predicted molar refractivity (Wildman–Crippen MR) is 113 cm³/mol. The largest absolute Gasteiger partial charge is 0.382 e. The Labute approximate surface area is 176 Å². The Kier molecular flexibility index (Phi) is 5.48. The lowest BCUT2D eigenvalue weighted by atomic mass is 10.1. The molecule has 8 nitrogen and oxygen atoms in total. The summed E-state index contributed by atoms with van der Waals surface area (Å²) < 4.78 is 4.63. The first kappa shape index (κ1) is 19.4. The highest BCUT2D eigenvalue weighted by Gasteiger charge is 2.30. The Morgan fingerprint density at radius 3 is 2.72 bits per heavy atom. The van der Waals surface area contributed by atoms with Crippen LogP contribution in [0.1, 0.15) is 30.2 Å². The molecule has 0 spiro atoms. The van der Waals surface area contributed by atoms with Crippen molar-refractivity contribution in [1.82, 2.24) is 19.6 Å². The van der Waals surface area contributed by atoms with Crippen molar-refractivity contribution in [1.29, 1.82) is 0 Å². The summed E-state index contributed by atoms with van der Waals surface area (Å²) in [7, 11) is 0. The van der Waals surface area contributed by atoms with Crippen LogP contribution >= 0.6 is 15.9 Å². The first-order valence-electron chi connectivity index (χ1n) is 9.36. The molecule has 0 saturated heterocycles. The molecule has 1 atom stereocenters. The van der Waals surface area contributed by atoms with Gasteiger partial charge in [-0.05, 0) is 47.5 Å². The lowest BCUT2D eigenvalue weighted by Crippen LogP contribution is -2.28. The zero-order valence-electron chi connectivity index (χ0n) is 16.2. The monoisotopic (exact) mass is 456 g/mol. The van der Waals surface area contributed by atoms with Gasteiger partial charge in [-0.15, -0.1) is 0 Å². The van der Waals surface area contributed by atoms with Crippen LogP contribution in [0.25, 0.3) is 0 Å². The third-order valence-corrected chi connectivity index (χ3v) is 5.12. The van der Waals surface area contributed by atoms with Crippen LogP contribution in [0.15, 0.2) is 52.5 Å². The van der Waals surface area contributed by atoms with Crippen LogP contribution in [0.4, 0.5) is 5.69 Å². The van der Waals surface area contributed by atoms with E-state index in [1.807, 2.05) is 59.9 Å². The average molecular weight is 457 g/mol. The van der Waals surface area contributed by atoms with Crippen molar-refractivity contribution in [2.45, 2.75) is 39.5 Å². The second-order valence-corrected chi connectivity index (χ2v) is 7.78. The lowest BCUT2D eigenvalue weighted by Gasteiger charge is -2.10. The summed E-state index contributed by atoms with van der Waals surface area (Å²) in [5, 5.41) is 15.7. The van der Waals surface area contributed by atoms with Crippen LogP contribution < -0.4 is 5.32 Å². The Morgan fingerprint density at radius 1 is 1.28 bits per heavy atom. The fourth-order valence-electron chi connectivity index (χ4n) is 3.17. The summed E-state index contributed by atoms with van der Waals surface area (Å²) in [5.74, 6) is -0.215. The fourth-order valence-corrected chi connectivity index (χ4v) is 3.50. The van der Waals surface area contributed by atoms with Gasteiger partial charge in [-0.3, -0.25) is 14.2 Å². The first-order chi connectivity index (χ1) is 14.0. The number of nitrogens with one attached hydrogen (secondary N) is 1. The minimum atomic E-state index is -0.643. The van der Waals surface area contributed by atoms with Gasteiger partial charge in [-0.25, -0.2) is 0 Å². The van der Waals surface area contributed by atoms with E-state index in [0.29, 0.717) is 18.7 Å². The third-order valence-electron chi connectivity index (χ3n) is 4.71. The molecule has 1 unspecified atom stereocenters. The van der Waals surface area contributed by atoms with Gasteiger partial charge in [0, 0.05) is 36.6 Å². The number of benzene rings is 1. The Hall–Kier alpha value is -2.94. The number of halogens is 1. The highest BCUT2D eigenvalue weighted by atomic mass is 79.9. The van der Waals surface area contributed by atoms with Crippen molar-refractivity contribution in [2.24, 2.45) is 5.16 Å². The molecular weight excluding hydrogens is 436 g/mol. The number of aryl methyl sites for hydroxylation is 2. The van der Waals surface area contributed by atoms with E-state index in [1.165, 1.54) is 0 Å². The van der Waals surface area contributed by atoms with Gasteiger partial charge in [0.05, 0.1) is 28.6 Å². The van der Waals surface area contributed by atoms with E-state index >= 15 is 0 Å². The second-order valence-electron chi connectivity index (χ2n) is 6.86. The van der Waals surface area contributed by atoms with Crippen LogP contribution in [0.2, 0.25) is 0 Å². The fraction of sp³-hybridized carbons (Fsp3) is 0.300. The summed E-state index contributed by atoms with van der Waals surface area (Å²) in [5.41, 5.74) is 4.37. The van der Waals surface area contributed by atoms with Crippen molar-refractivity contribution >= 4 is 33.2 Å². The number of amides is 1. The number of hydrogen-bond donors (Lipinski definition) is 1. The highest BCUT2D eigenvalue weighted by Crippen LogP contribution is 2.21. The molecule has 1 aromatic carbocycles. The molecule has 2 aromatic heterocycles. The summed E-state index contributed by atoms with van der Waals surface area (Å²) in [6.07, 6.45) is 5.39. The molecule has 3 aromatic rings. The Morgan fingerprint density at radius 2 is 2.07 bits per heavy atom. The summed E-state index contributed by atoms with van der Waals surface area (Å²) in [4.78, 5) is 17.9. The number of hydrogen-bond acceptors (Lipinski definition) is 5. The number of carbonyl (C=O) groups is 1. The van der Waals surface area contributed by atoms with Gasteiger partial charge in [-0.1, -0.05) is 17.3 Å². The van der Waals surface area contributed by atoms with E-state index < -0.39 is 6.10 Å². The minimum absolute atomic E-state index is 0.215. The molecule has 1 aliphatic heterocycles. The summed E-state index contributed by atoms with van der Waals surface area (Å²) in [6, 6.07) is 7.67. The topological polar surface area (TPSA) is 86.3 Å². The summed E-state index contributed by atoms with van der Waals surface area (Å²) in [6.45, 7) is 5.40. The van der Waals surface area contributed by atoms with E-state index in [2.05, 4.69) is 36.6 Å². The Bertz CT molecular complexity index is 1050. The molecule has 1 aliphatic rings. The molecule has 0 radical (unpaired) electrons. The second kappa shape index (κ2) is 8.20. The van der Waals surface area contributed by atoms with Crippen molar-refractivity contribution in [3.05, 3.63) is 64.1 Å². The van der Waals surface area contributed by atoms with Gasteiger partial charge in [0.15, 0.2) is 0 Å². The molecule has 0 bridgehead atoms. The SMILES string of the molecule is CCn1cc(C2=NOC(C(=O)Nc3ccc(Cn4cc(Br)cn4)cc3)C2)c(C)n1. The molecule has 0 aliphatic carbocycles. The van der Waals surface area contributed by atoms with Gasteiger partial charge in [0.2, 0.25) is 6.10 Å². The van der Waals surface area contributed by atoms with Gasteiger partial charge in [0.25, 0.3) is 5.91 Å². The molecular formula is C20H21BrN6O2. The van der Waals surface area contributed by atoms with Gasteiger partial charge >= 0.3 is 0 Å². The zero-order chi connectivity index (χ0) is 20.4. The van der Waals surface area contributed by atoms with Gasteiger partial charge in [-0.2, -0.15) is 10.2 Å². The van der Waals surface area contributed by atoms with Crippen molar-refractivity contribution in [3.8, 4) is 0 Å². The van der Waals surface area contributed by atoms with Gasteiger partial charge < -0.3 is 10.2 Å². The zero-order valence-corrected chi connectivity index (χ0v) is 17.8. The summed E-state index contributed by atoms with van der Waals surface area (Å²) >= 11 is 3.39. The average Bonchev–Trinajstić information content (AvgIpc) is 3.43. The number of anilines is 1. The van der Waals surface area contributed by atoms with E-state index in [1.54, 1.807) is 6.20 Å². The van der Waals surface area contributed by atoms with Crippen LogP contribution in [0.3, 0.4) is 0 Å². The normalized spacial score (nSPS) is 15.8. The molecule has 4 rings (SSSR count). The van der Waals surface area contributed by atoms with Crippen molar-refractivity contribution in [3.63, 3.8) is 0 Å². The maximum absolute atomic E-state index is 12.6. The molecule has 9 heteroatoms. The van der Waals surface area contributed by atoms with Crippen LogP contribution in [-0.2, 0) is 22.7 Å². The molecule has 1 amide bonds. The number of rotatable bonds is 6. The quantitative estimate of drug-likeness (QED) is 0.615. The maximum atomic E-state index is 12.6. The smallest absolute Gasteiger partial charge is 0.268 e. The number of carbonyl (C=O) groups excluding carboxylic acids is 1. The standard InChI is InChI=1S/C20H21BrN6O2/c1-3-26-12-17(13(2)24-26)18-8-19(29-25-18)20(28)23-16-6-4-14(5-7-16)10-27-11-15(21)9-22-27/h4-7,9,11-12,19H,3,8,10H2,1-2H3,(H,23,28). The van der Waals surface area contributed by atoms with Crippen molar-refractivity contribution in [2.75, 3.05) is 5.32 Å². The van der Waals surface area contributed by atoms with Gasteiger partial charge in [0.1, 0.15) is 0 Å². The van der Waals surface area contributed by atoms with Crippen LogP contribution in [-0.4, -0.2) is 37.3 Å². The number of aromatic nitrogens is 4. The molecule has 0 saturated carbocycles. The number of oxime groups is 1. The highest BCUT2D eigenvalue weighted by molar-refractivity contribution is 9.10. The lowest BCUT2D eigenvalue weighted by molar-refractivity contribution is -0.125. The van der Waals surface area contributed by atoms with Crippen molar-refractivity contribution < 1.29 is 9.63 Å². The first-order valence-corrected chi connectivity index (χ1v) is 10.2. The third kappa shape index (κ3) is 4.40. The molecule has 29 heavy (non-hydrogen) atoms. The number of nitrogens with zero attached hydrogens (tertiary/aromatic N) is 5. The molecule has 150 valence electrons. The molecule has 3 heterocycles. The van der Waals surface area contributed by atoms with E-state index in [0.717, 1.165) is 33.5 Å². The molecule has 1 N–H and O–H groups in total. The predicted octanol–water partition coefficient (Wildman–Crippen LogP) is 3.35. The van der Waals surface area contributed by atoms with E-state index in [9.17, 15) is 4.79 Å². The van der Waals surface area contributed by atoms with E-state index in [-0.39, 0.29) is 5.91 Å². The molecule has 0 fully saturated rings.